The number of methoxy groups -OCH3 is 1. The molecule has 0 aromatic heterocycles. The number of hydrogen-bond donors (Lipinski definition) is 1. The number of esters is 1. The molecule has 24 heavy (non-hydrogen) atoms. The molecule has 0 aromatic rings. The van der Waals surface area contributed by atoms with E-state index >= 15 is 0 Å². The summed E-state index contributed by atoms with van der Waals surface area (Å²) in [5.74, 6) is -1.98. The second-order valence-corrected chi connectivity index (χ2v) is 6.84. The van der Waals surface area contributed by atoms with Gasteiger partial charge in [0.2, 0.25) is 0 Å². The van der Waals surface area contributed by atoms with Gasteiger partial charge in [-0.25, -0.2) is 9.59 Å². The molecular weight excluding hydrogens is 329 g/mol. The lowest BCUT2D eigenvalue weighted by Crippen LogP contribution is -2.52. The second-order valence-electron chi connectivity index (χ2n) is 6.84. The summed E-state index contributed by atoms with van der Waals surface area (Å²) in [4.78, 5) is 25.3. The van der Waals surface area contributed by atoms with Crippen molar-refractivity contribution < 1.29 is 32.2 Å². The highest BCUT2D eigenvalue weighted by molar-refractivity contribution is 5.81. The Morgan fingerprint density at radius 2 is 1.75 bits per heavy atom. The van der Waals surface area contributed by atoms with E-state index in [2.05, 4.69) is 10.1 Å². The Morgan fingerprint density at radius 1 is 1.21 bits per heavy atom. The van der Waals surface area contributed by atoms with Gasteiger partial charge in [-0.1, -0.05) is 0 Å². The number of alkyl carbamates (subject to hydrolysis) is 1. The molecule has 1 rings (SSSR count). The summed E-state index contributed by atoms with van der Waals surface area (Å²) in [6.07, 6.45) is -5.01. The third-order valence-corrected chi connectivity index (χ3v) is 3.67. The van der Waals surface area contributed by atoms with Crippen molar-refractivity contribution in [1.82, 2.24) is 10.2 Å². The first-order valence-corrected chi connectivity index (χ1v) is 7.79. The van der Waals surface area contributed by atoms with Gasteiger partial charge in [-0.2, -0.15) is 13.2 Å². The summed E-state index contributed by atoms with van der Waals surface area (Å²) in [6.45, 7) is 5.53. The molecule has 1 aliphatic heterocycles. The predicted octanol–water partition coefficient (Wildman–Crippen LogP) is 2.33. The lowest BCUT2D eigenvalue weighted by molar-refractivity contribution is -0.185. The number of halogens is 3. The first-order valence-electron chi connectivity index (χ1n) is 7.79. The number of nitrogens with zero attached hydrogens (tertiary/aromatic N) is 1. The predicted molar refractivity (Wildman–Crippen MR) is 80.4 cm³/mol. The van der Waals surface area contributed by atoms with Crippen molar-refractivity contribution in [3.63, 3.8) is 0 Å². The van der Waals surface area contributed by atoms with Crippen LogP contribution in [0.1, 0.15) is 33.6 Å². The number of nitrogens with one attached hydrogen (secondary N) is 1. The molecule has 140 valence electrons. The van der Waals surface area contributed by atoms with Crippen LogP contribution in [0.3, 0.4) is 0 Å². The van der Waals surface area contributed by atoms with Crippen molar-refractivity contribution in [1.29, 1.82) is 0 Å². The number of amides is 1. The zero-order valence-corrected chi connectivity index (χ0v) is 14.4. The van der Waals surface area contributed by atoms with E-state index in [0.29, 0.717) is 0 Å². The number of rotatable bonds is 4. The Hall–Kier alpha value is -1.51. The Kier molecular flexibility index (Phi) is 6.88. The second kappa shape index (κ2) is 8.04. The quantitative estimate of drug-likeness (QED) is 0.785. The SMILES string of the molecule is COC(=O)C(CN1CCC(C(F)(F)F)CC1)NC(=O)OC(C)(C)C. The highest BCUT2D eigenvalue weighted by Gasteiger charge is 2.41. The third kappa shape index (κ3) is 6.94. The van der Waals surface area contributed by atoms with Crippen LogP contribution in [0.4, 0.5) is 18.0 Å². The van der Waals surface area contributed by atoms with Crippen LogP contribution >= 0.6 is 0 Å². The molecule has 0 radical (unpaired) electrons. The van der Waals surface area contributed by atoms with Crippen molar-refractivity contribution in [2.45, 2.75) is 51.4 Å². The van der Waals surface area contributed by atoms with Gasteiger partial charge < -0.3 is 19.7 Å². The molecule has 0 aliphatic carbocycles. The maximum absolute atomic E-state index is 12.7. The molecule has 1 atom stereocenters. The van der Waals surface area contributed by atoms with Gasteiger partial charge in [-0.15, -0.1) is 0 Å². The minimum absolute atomic E-state index is 0.0240. The monoisotopic (exact) mass is 354 g/mol. The first-order chi connectivity index (χ1) is 10.9. The Bertz CT molecular complexity index is 441. The molecule has 1 unspecified atom stereocenters. The number of alkyl halides is 3. The van der Waals surface area contributed by atoms with Crippen molar-refractivity contribution in [3.8, 4) is 0 Å². The number of piperidine rings is 1. The number of carbonyl (C=O) groups excluding carboxylic acids is 2. The van der Waals surface area contributed by atoms with Gasteiger partial charge in [0.15, 0.2) is 0 Å². The molecule has 1 fully saturated rings. The molecule has 1 N–H and O–H groups in total. The van der Waals surface area contributed by atoms with E-state index in [1.807, 2.05) is 0 Å². The molecule has 1 amide bonds. The molecule has 0 saturated carbocycles. The van der Waals surface area contributed by atoms with Gasteiger partial charge in [0.1, 0.15) is 11.6 Å². The molecule has 6 nitrogen and oxygen atoms in total. The Balaban J connectivity index is 2.59. The number of carbonyl (C=O) groups is 2. The van der Waals surface area contributed by atoms with E-state index in [-0.39, 0.29) is 32.5 Å². The van der Waals surface area contributed by atoms with Crippen molar-refractivity contribution in [2.75, 3.05) is 26.7 Å². The Labute approximate surface area is 139 Å². The van der Waals surface area contributed by atoms with Gasteiger partial charge in [0.05, 0.1) is 13.0 Å². The molecule has 0 aromatic carbocycles. The highest BCUT2D eigenvalue weighted by atomic mass is 19.4. The van der Waals surface area contributed by atoms with E-state index < -0.39 is 35.8 Å². The topological polar surface area (TPSA) is 67.9 Å². The van der Waals surface area contributed by atoms with Crippen LogP contribution in [0, 0.1) is 5.92 Å². The molecule has 1 saturated heterocycles. The van der Waals surface area contributed by atoms with Crippen molar-refractivity contribution in [2.24, 2.45) is 5.92 Å². The van der Waals surface area contributed by atoms with Crippen LogP contribution in [0.25, 0.3) is 0 Å². The summed E-state index contributed by atoms with van der Waals surface area (Å²) in [5, 5.41) is 2.41. The summed E-state index contributed by atoms with van der Waals surface area (Å²) >= 11 is 0. The molecule has 0 bridgehead atoms. The van der Waals surface area contributed by atoms with E-state index in [1.54, 1.807) is 25.7 Å². The number of likely N-dealkylation sites (tertiary alicyclic amines) is 1. The summed E-state index contributed by atoms with van der Waals surface area (Å²) in [6, 6.07) is -0.993. The van der Waals surface area contributed by atoms with Gasteiger partial charge >= 0.3 is 18.2 Å². The molecule has 1 heterocycles. The van der Waals surface area contributed by atoms with Gasteiger partial charge in [-0.3, -0.25) is 0 Å². The van der Waals surface area contributed by atoms with E-state index in [0.717, 1.165) is 0 Å². The van der Waals surface area contributed by atoms with Gasteiger partial charge in [-0.05, 0) is 46.7 Å². The first kappa shape index (κ1) is 20.5. The van der Waals surface area contributed by atoms with Crippen LogP contribution in [-0.4, -0.2) is 61.5 Å². The minimum Gasteiger partial charge on any atom is -0.467 e. The van der Waals surface area contributed by atoms with E-state index in [1.165, 1.54) is 7.11 Å². The zero-order valence-electron chi connectivity index (χ0n) is 14.4. The van der Waals surface area contributed by atoms with E-state index in [4.69, 9.17) is 4.74 Å². The average molecular weight is 354 g/mol. The minimum atomic E-state index is -4.19. The van der Waals surface area contributed by atoms with E-state index in [9.17, 15) is 22.8 Å². The lowest BCUT2D eigenvalue weighted by atomic mass is 9.96. The smallest absolute Gasteiger partial charge is 0.408 e. The molecule has 1 aliphatic rings. The standard InChI is InChI=1S/C15H25F3N2O4/c1-14(2,3)24-13(22)19-11(12(21)23-4)9-20-7-5-10(6-8-20)15(16,17)18/h10-11H,5-9H2,1-4H3,(H,19,22). The van der Waals surface area contributed by atoms with Crippen LogP contribution < -0.4 is 5.32 Å². The fourth-order valence-corrected chi connectivity index (χ4v) is 2.47. The normalized spacial score (nSPS) is 18.8. The van der Waals surface area contributed by atoms with Gasteiger partial charge in [0, 0.05) is 6.54 Å². The third-order valence-electron chi connectivity index (χ3n) is 3.67. The maximum atomic E-state index is 12.7. The lowest BCUT2D eigenvalue weighted by Gasteiger charge is -2.34. The largest absolute Gasteiger partial charge is 0.467 e. The highest BCUT2D eigenvalue weighted by Crippen LogP contribution is 2.34. The fraction of sp³-hybridized carbons (Fsp3) is 0.867. The number of ether oxygens (including phenoxy) is 2. The fourth-order valence-electron chi connectivity index (χ4n) is 2.47. The maximum Gasteiger partial charge on any atom is 0.408 e. The number of hydrogen-bond acceptors (Lipinski definition) is 5. The van der Waals surface area contributed by atoms with Crippen molar-refractivity contribution in [3.05, 3.63) is 0 Å². The molecular formula is C15H25F3N2O4. The van der Waals surface area contributed by atoms with Gasteiger partial charge in [0.25, 0.3) is 0 Å². The molecule has 9 heteroatoms. The van der Waals surface area contributed by atoms with Crippen LogP contribution in [0.15, 0.2) is 0 Å². The van der Waals surface area contributed by atoms with Crippen LogP contribution in [0.5, 0.6) is 0 Å². The summed E-state index contributed by atoms with van der Waals surface area (Å²) < 4.78 is 47.8. The Morgan fingerprint density at radius 3 is 2.17 bits per heavy atom. The zero-order chi connectivity index (χ0) is 18.5. The molecule has 0 spiro atoms. The average Bonchev–Trinajstić information content (AvgIpc) is 2.43. The summed E-state index contributed by atoms with van der Waals surface area (Å²) in [7, 11) is 1.18. The van der Waals surface area contributed by atoms with Crippen molar-refractivity contribution >= 4 is 12.1 Å². The van der Waals surface area contributed by atoms with Crippen LogP contribution in [-0.2, 0) is 14.3 Å². The van der Waals surface area contributed by atoms with Crippen LogP contribution in [0.2, 0.25) is 0 Å². The summed E-state index contributed by atoms with van der Waals surface area (Å²) in [5.41, 5.74) is -0.726.